The molecule has 0 aliphatic heterocycles. The molecule has 15 heavy (non-hydrogen) atoms. The number of carbonyl (C=O) groups is 1. The second kappa shape index (κ2) is 5.36. The van der Waals surface area contributed by atoms with Crippen molar-refractivity contribution in [1.29, 1.82) is 0 Å². The zero-order valence-electron chi connectivity index (χ0n) is 8.64. The van der Waals surface area contributed by atoms with E-state index in [0.717, 1.165) is 5.56 Å². The number of nitrogens with two attached hydrogens (primary N) is 1. The predicted octanol–water partition coefficient (Wildman–Crippen LogP) is 1.30. The largest absolute Gasteiger partial charge is 0.479 e. The van der Waals surface area contributed by atoms with Gasteiger partial charge in [0.1, 0.15) is 0 Å². The summed E-state index contributed by atoms with van der Waals surface area (Å²) in [5, 5.41) is 8.58. The van der Waals surface area contributed by atoms with Gasteiger partial charge in [0.25, 0.3) is 0 Å². The summed E-state index contributed by atoms with van der Waals surface area (Å²) in [5.41, 5.74) is 7.42. The maximum atomic E-state index is 10.5. The quantitative estimate of drug-likeness (QED) is 0.717. The Bertz CT molecular complexity index is 338. The maximum Gasteiger partial charge on any atom is 0.332 e. The van der Waals surface area contributed by atoms with Crippen LogP contribution in [-0.4, -0.2) is 23.8 Å². The monoisotopic (exact) mass is 209 g/mol. The van der Waals surface area contributed by atoms with Gasteiger partial charge in [0.2, 0.25) is 0 Å². The van der Waals surface area contributed by atoms with Crippen LogP contribution in [0, 0.1) is 0 Å². The molecule has 0 spiro atoms. The van der Waals surface area contributed by atoms with Crippen molar-refractivity contribution in [3.8, 4) is 0 Å². The van der Waals surface area contributed by atoms with E-state index in [4.69, 9.17) is 15.6 Å². The molecule has 0 heterocycles. The minimum Gasteiger partial charge on any atom is -0.479 e. The van der Waals surface area contributed by atoms with Crippen LogP contribution < -0.4 is 5.73 Å². The molecule has 1 rings (SSSR count). The van der Waals surface area contributed by atoms with Gasteiger partial charge in [0.15, 0.2) is 6.10 Å². The number of hydrogen-bond donors (Lipinski definition) is 2. The molecule has 1 atom stereocenters. The summed E-state index contributed by atoms with van der Waals surface area (Å²) in [4.78, 5) is 10.5. The highest BCUT2D eigenvalue weighted by Crippen LogP contribution is 2.11. The molecule has 0 aromatic heterocycles. The van der Waals surface area contributed by atoms with E-state index in [2.05, 4.69) is 0 Å². The fraction of sp³-hybridized carbons (Fsp3) is 0.364. The third kappa shape index (κ3) is 3.59. The zero-order chi connectivity index (χ0) is 11.3. The topological polar surface area (TPSA) is 72.5 Å². The molecule has 1 aromatic rings. The lowest BCUT2D eigenvalue weighted by atomic mass is 10.1. The number of benzene rings is 1. The van der Waals surface area contributed by atoms with Gasteiger partial charge in [-0.1, -0.05) is 18.2 Å². The second-order valence-electron chi connectivity index (χ2n) is 3.30. The van der Waals surface area contributed by atoms with E-state index >= 15 is 0 Å². The number of carboxylic acid groups (broad SMARTS) is 1. The van der Waals surface area contributed by atoms with Gasteiger partial charge in [-0.05, 0) is 25.0 Å². The molecule has 1 unspecified atom stereocenters. The minimum absolute atomic E-state index is 0.363. The maximum absolute atomic E-state index is 10.5. The number of para-hydroxylation sites is 1. The van der Waals surface area contributed by atoms with Crippen molar-refractivity contribution < 1.29 is 14.6 Å². The Kier molecular flexibility index (Phi) is 4.12. The van der Waals surface area contributed by atoms with Gasteiger partial charge in [0.05, 0.1) is 6.61 Å². The lowest BCUT2D eigenvalue weighted by molar-refractivity contribution is -0.149. The van der Waals surface area contributed by atoms with Crippen LogP contribution in [0.25, 0.3) is 0 Å². The first-order valence-corrected chi connectivity index (χ1v) is 4.79. The molecule has 0 amide bonds. The number of rotatable bonds is 5. The number of carboxylic acids is 1. The Hall–Kier alpha value is -1.55. The molecule has 82 valence electrons. The van der Waals surface area contributed by atoms with Gasteiger partial charge in [0, 0.05) is 5.69 Å². The number of hydrogen-bond acceptors (Lipinski definition) is 3. The van der Waals surface area contributed by atoms with Gasteiger partial charge in [-0.15, -0.1) is 0 Å². The Morgan fingerprint density at radius 1 is 1.53 bits per heavy atom. The van der Waals surface area contributed by atoms with Gasteiger partial charge in [-0.3, -0.25) is 0 Å². The van der Waals surface area contributed by atoms with E-state index < -0.39 is 12.1 Å². The van der Waals surface area contributed by atoms with E-state index in [-0.39, 0.29) is 0 Å². The first kappa shape index (κ1) is 11.5. The van der Waals surface area contributed by atoms with E-state index in [9.17, 15) is 4.79 Å². The van der Waals surface area contributed by atoms with Crippen molar-refractivity contribution in [2.75, 3.05) is 12.3 Å². The molecule has 3 N–H and O–H groups in total. The molecule has 0 aliphatic rings. The van der Waals surface area contributed by atoms with Crippen LogP contribution in [0.15, 0.2) is 24.3 Å². The standard InChI is InChI=1S/C11H15NO3/c1-8(11(13)14)15-7-6-9-4-2-3-5-10(9)12/h2-5,8H,6-7,12H2,1H3,(H,13,14). The molecular weight excluding hydrogens is 194 g/mol. The fourth-order valence-corrected chi connectivity index (χ4v) is 1.18. The van der Waals surface area contributed by atoms with Gasteiger partial charge < -0.3 is 15.6 Å². The van der Waals surface area contributed by atoms with Crippen molar-refractivity contribution in [3.63, 3.8) is 0 Å². The van der Waals surface area contributed by atoms with Crippen LogP contribution >= 0.6 is 0 Å². The number of aliphatic carboxylic acids is 1. The Morgan fingerprint density at radius 2 is 2.20 bits per heavy atom. The third-order valence-corrected chi connectivity index (χ3v) is 2.14. The molecule has 4 heteroatoms. The highest BCUT2D eigenvalue weighted by atomic mass is 16.5. The van der Waals surface area contributed by atoms with Crippen molar-refractivity contribution in [2.24, 2.45) is 0 Å². The van der Waals surface area contributed by atoms with E-state index in [0.29, 0.717) is 18.7 Å². The van der Waals surface area contributed by atoms with Crippen LogP contribution in [-0.2, 0) is 16.0 Å². The summed E-state index contributed by atoms with van der Waals surface area (Å²) < 4.78 is 5.11. The van der Waals surface area contributed by atoms with Crippen LogP contribution in [0.4, 0.5) is 5.69 Å². The number of nitrogen functional groups attached to an aromatic ring is 1. The van der Waals surface area contributed by atoms with Crippen LogP contribution in [0.1, 0.15) is 12.5 Å². The molecule has 0 saturated carbocycles. The van der Waals surface area contributed by atoms with Crippen LogP contribution in [0.5, 0.6) is 0 Å². The molecule has 0 aliphatic carbocycles. The molecule has 4 nitrogen and oxygen atoms in total. The zero-order valence-corrected chi connectivity index (χ0v) is 8.64. The Balaban J connectivity index is 2.38. The lowest BCUT2D eigenvalue weighted by Crippen LogP contribution is -2.21. The highest BCUT2D eigenvalue weighted by molar-refractivity contribution is 5.71. The van der Waals surface area contributed by atoms with Crippen molar-refractivity contribution in [3.05, 3.63) is 29.8 Å². The molecule has 1 aromatic carbocycles. The first-order chi connectivity index (χ1) is 7.11. The van der Waals surface area contributed by atoms with E-state index in [1.807, 2.05) is 24.3 Å². The fourth-order valence-electron chi connectivity index (χ4n) is 1.18. The van der Waals surface area contributed by atoms with Crippen LogP contribution in [0.3, 0.4) is 0 Å². The summed E-state index contributed by atoms with van der Waals surface area (Å²) in [6.45, 7) is 1.87. The number of anilines is 1. The van der Waals surface area contributed by atoms with Crippen molar-refractivity contribution in [1.82, 2.24) is 0 Å². The second-order valence-corrected chi connectivity index (χ2v) is 3.30. The third-order valence-electron chi connectivity index (χ3n) is 2.14. The minimum atomic E-state index is -0.948. The van der Waals surface area contributed by atoms with E-state index in [1.54, 1.807) is 0 Å². The summed E-state index contributed by atoms with van der Waals surface area (Å²) in [6.07, 6.45) is -0.139. The summed E-state index contributed by atoms with van der Waals surface area (Å²) in [6, 6.07) is 7.48. The molecule has 0 saturated heterocycles. The number of ether oxygens (including phenoxy) is 1. The van der Waals surface area contributed by atoms with Gasteiger partial charge >= 0.3 is 5.97 Å². The Labute approximate surface area is 88.7 Å². The van der Waals surface area contributed by atoms with Gasteiger partial charge in [-0.2, -0.15) is 0 Å². The normalized spacial score (nSPS) is 12.3. The SMILES string of the molecule is CC(OCCc1ccccc1N)C(=O)O. The molecular formula is C11H15NO3. The molecule has 0 radical (unpaired) electrons. The van der Waals surface area contributed by atoms with Crippen molar-refractivity contribution in [2.45, 2.75) is 19.4 Å². The summed E-state index contributed by atoms with van der Waals surface area (Å²) >= 11 is 0. The van der Waals surface area contributed by atoms with Gasteiger partial charge in [-0.25, -0.2) is 4.79 Å². The summed E-state index contributed by atoms with van der Waals surface area (Å²) in [5.74, 6) is -0.948. The first-order valence-electron chi connectivity index (χ1n) is 4.79. The lowest BCUT2D eigenvalue weighted by Gasteiger charge is -2.09. The highest BCUT2D eigenvalue weighted by Gasteiger charge is 2.10. The Morgan fingerprint density at radius 3 is 2.80 bits per heavy atom. The van der Waals surface area contributed by atoms with Crippen LogP contribution in [0.2, 0.25) is 0 Å². The molecule has 0 fully saturated rings. The predicted molar refractivity (Wildman–Crippen MR) is 57.6 cm³/mol. The summed E-state index contributed by atoms with van der Waals surface area (Å²) in [7, 11) is 0. The average molecular weight is 209 g/mol. The molecule has 0 bridgehead atoms. The average Bonchev–Trinajstić information content (AvgIpc) is 2.20. The van der Waals surface area contributed by atoms with E-state index in [1.165, 1.54) is 6.92 Å². The smallest absolute Gasteiger partial charge is 0.332 e. The van der Waals surface area contributed by atoms with Crippen molar-refractivity contribution >= 4 is 11.7 Å².